The Balaban J connectivity index is 2.58. The molecule has 1 aliphatic rings. The third-order valence-electron chi connectivity index (χ3n) is 1.44. The molecule has 68 valence electrons. The summed E-state index contributed by atoms with van der Waals surface area (Å²) in [6, 6.07) is -0.788. The van der Waals surface area contributed by atoms with Gasteiger partial charge in [-0.3, -0.25) is 15.3 Å². The van der Waals surface area contributed by atoms with Crippen molar-refractivity contribution >= 4 is 11.9 Å². The average Bonchev–Trinajstić information content (AvgIpc) is 1.98. The summed E-state index contributed by atoms with van der Waals surface area (Å²) in [5, 5.41) is 0. The van der Waals surface area contributed by atoms with E-state index in [9.17, 15) is 9.59 Å². The van der Waals surface area contributed by atoms with E-state index in [2.05, 4.69) is 9.47 Å². The van der Waals surface area contributed by atoms with Gasteiger partial charge in [-0.2, -0.15) is 0 Å². The lowest BCUT2D eigenvalue weighted by molar-refractivity contribution is -0.191. The maximum Gasteiger partial charge on any atom is 0.326 e. The standard InChI is InChI=1S/C6H10N2O4/c7-3-1-2-4(9)11-6(8)12-5(3)10/h3,6H,1-2,7-8H2/t3-,6?/m1/s1. The van der Waals surface area contributed by atoms with Crippen LogP contribution in [0.3, 0.4) is 0 Å². The highest BCUT2D eigenvalue weighted by molar-refractivity contribution is 5.78. The molecular weight excluding hydrogens is 164 g/mol. The number of hydrogen-bond donors (Lipinski definition) is 2. The van der Waals surface area contributed by atoms with E-state index in [4.69, 9.17) is 11.5 Å². The summed E-state index contributed by atoms with van der Waals surface area (Å²) in [6.45, 7) is 0. The molecule has 1 unspecified atom stereocenters. The molecule has 1 rings (SSSR count). The van der Waals surface area contributed by atoms with Crippen LogP contribution in [0.25, 0.3) is 0 Å². The number of esters is 2. The molecular formula is C6H10N2O4. The number of carbonyl (C=O) groups excluding carboxylic acids is 2. The van der Waals surface area contributed by atoms with Gasteiger partial charge in [0.15, 0.2) is 0 Å². The summed E-state index contributed by atoms with van der Waals surface area (Å²) in [6.07, 6.45) is -1.01. The number of ether oxygens (including phenoxy) is 2. The zero-order chi connectivity index (χ0) is 9.14. The zero-order valence-corrected chi connectivity index (χ0v) is 6.36. The summed E-state index contributed by atoms with van der Waals surface area (Å²) in [7, 11) is 0. The van der Waals surface area contributed by atoms with Gasteiger partial charge in [-0.05, 0) is 6.42 Å². The predicted molar refractivity (Wildman–Crippen MR) is 37.4 cm³/mol. The molecule has 6 nitrogen and oxygen atoms in total. The van der Waals surface area contributed by atoms with Crippen LogP contribution in [0.1, 0.15) is 12.8 Å². The van der Waals surface area contributed by atoms with E-state index in [0.29, 0.717) is 0 Å². The normalized spacial score (nSPS) is 31.5. The molecule has 0 radical (unpaired) electrons. The van der Waals surface area contributed by atoms with Gasteiger partial charge >= 0.3 is 18.4 Å². The Bertz CT molecular complexity index is 206. The Hall–Kier alpha value is -1.14. The first-order valence-corrected chi connectivity index (χ1v) is 3.51. The van der Waals surface area contributed by atoms with Crippen molar-refractivity contribution in [1.82, 2.24) is 0 Å². The highest BCUT2D eigenvalue weighted by Crippen LogP contribution is 2.05. The zero-order valence-electron chi connectivity index (χ0n) is 6.36. The quantitative estimate of drug-likeness (QED) is 0.430. The fourth-order valence-corrected chi connectivity index (χ4v) is 0.806. The second-order valence-corrected chi connectivity index (χ2v) is 2.44. The number of cyclic esters (lactones) is 2. The number of hydrogen-bond acceptors (Lipinski definition) is 6. The van der Waals surface area contributed by atoms with Gasteiger partial charge in [0.1, 0.15) is 6.04 Å². The number of nitrogens with two attached hydrogens (primary N) is 2. The van der Waals surface area contributed by atoms with Crippen LogP contribution in [0.5, 0.6) is 0 Å². The average molecular weight is 174 g/mol. The van der Waals surface area contributed by atoms with Crippen LogP contribution in [-0.2, 0) is 19.1 Å². The van der Waals surface area contributed by atoms with E-state index < -0.39 is 24.4 Å². The molecule has 0 aromatic rings. The SMILES string of the molecule is NC1OC(=O)CC[C@@H](N)C(=O)O1. The topological polar surface area (TPSA) is 105 Å². The summed E-state index contributed by atoms with van der Waals surface area (Å²) in [5.74, 6) is -1.15. The minimum Gasteiger partial charge on any atom is -0.411 e. The van der Waals surface area contributed by atoms with E-state index in [-0.39, 0.29) is 12.8 Å². The fraction of sp³-hybridized carbons (Fsp3) is 0.667. The van der Waals surface area contributed by atoms with Crippen molar-refractivity contribution in [2.75, 3.05) is 0 Å². The fourth-order valence-electron chi connectivity index (χ4n) is 0.806. The summed E-state index contributed by atoms with van der Waals surface area (Å²) in [5.41, 5.74) is 10.4. The van der Waals surface area contributed by atoms with Gasteiger partial charge in [0, 0.05) is 6.42 Å². The molecule has 0 spiro atoms. The summed E-state index contributed by atoms with van der Waals surface area (Å²) in [4.78, 5) is 21.6. The third-order valence-corrected chi connectivity index (χ3v) is 1.44. The third kappa shape index (κ3) is 2.18. The Morgan fingerprint density at radius 2 is 1.92 bits per heavy atom. The molecule has 0 aromatic carbocycles. The molecule has 1 heterocycles. The lowest BCUT2D eigenvalue weighted by atomic mass is 10.2. The smallest absolute Gasteiger partial charge is 0.326 e. The van der Waals surface area contributed by atoms with Gasteiger partial charge in [0.05, 0.1) is 0 Å². The molecule has 12 heavy (non-hydrogen) atoms. The van der Waals surface area contributed by atoms with Crippen molar-refractivity contribution in [1.29, 1.82) is 0 Å². The van der Waals surface area contributed by atoms with Crippen LogP contribution < -0.4 is 11.5 Å². The Labute approximate surface area is 68.8 Å². The first-order valence-electron chi connectivity index (χ1n) is 3.51. The molecule has 6 heteroatoms. The first kappa shape index (κ1) is 8.95. The maximum absolute atomic E-state index is 10.9. The van der Waals surface area contributed by atoms with Crippen LogP contribution in [0.2, 0.25) is 0 Å². The molecule has 0 saturated carbocycles. The van der Waals surface area contributed by atoms with Gasteiger partial charge in [0.25, 0.3) is 0 Å². The molecule has 0 amide bonds. The van der Waals surface area contributed by atoms with Gasteiger partial charge < -0.3 is 15.2 Å². The molecule has 1 saturated heterocycles. The Kier molecular flexibility index (Phi) is 2.61. The van der Waals surface area contributed by atoms with Crippen molar-refractivity contribution in [3.8, 4) is 0 Å². The molecule has 1 aliphatic heterocycles. The lowest BCUT2D eigenvalue weighted by Gasteiger charge is -2.19. The van der Waals surface area contributed by atoms with Crippen LogP contribution in [0, 0.1) is 0 Å². The van der Waals surface area contributed by atoms with Crippen LogP contribution in [0.4, 0.5) is 0 Å². The summed E-state index contributed by atoms with van der Waals surface area (Å²) < 4.78 is 8.89. The van der Waals surface area contributed by atoms with Crippen LogP contribution in [0.15, 0.2) is 0 Å². The predicted octanol–water partition coefficient (Wildman–Crippen LogP) is -1.56. The van der Waals surface area contributed by atoms with E-state index in [1.807, 2.05) is 0 Å². The van der Waals surface area contributed by atoms with Crippen molar-refractivity contribution in [3.05, 3.63) is 0 Å². The monoisotopic (exact) mass is 174 g/mol. The number of rotatable bonds is 0. The van der Waals surface area contributed by atoms with Crippen molar-refractivity contribution in [2.24, 2.45) is 11.5 Å². The molecule has 0 aliphatic carbocycles. The van der Waals surface area contributed by atoms with Crippen LogP contribution in [-0.4, -0.2) is 24.4 Å². The second-order valence-electron chi connectivity index (χ2n) is 2.44. The second kappa shape index (κ2) is 3.51. The maximum atomic E-state index is 10.9. The summed E-state index contributed by atoms with van der Waals surface area (Å²) >= 11 is 0. The van der Waals surface area contributed by atoms with Crippen molar-refractivity contribution in [3.63, 3.8) is 0 Å². The van der Waals surface area contributed by atoms with Crippen LogP contribution >= 0.6 is 0 Å². The minimum atomic E-state index is -1.32. The molecule has 1 fully saturated rings. The lowest BCUT2D eigenvalue weighted by Crippen LogP contribution is -2.42. The van der Waals surface area contributed by atoms with E-state index >= 15 is 0 Å². The van der Waals surface area contributed by atoms with Gasteiger partial charge in [0.2, 0.25) is 0 Å². The van der Waals surface area contributed by atoms with Gasteiger partial charge in [-0.1, -0.05) is 0 Å². The van der Waals surface area contributed by atoms with E-state index in [1.54, 1.807) is 0 Å². The van der Waals surface area contributed by atoms with Gasteiger partial charge in [-0.15, -0.1) is 0 Å². The minimum absolute atomic E-state index is 0.0873. The van der Waals surface area contributed by atoms with Crippen molar-refractivity contribution in [2.45, 2.75) is 25.3 Å². The highest BCUT2D eigenvalue weighted by Gasteiger charge is 2.24. The Morgan fingerprint density at radius 3 is 2.58 bits per heavy atom. The molecule has 4 N–H and O–H groups in total. The molecule has 0 bridgehead atoms. The first-order chi connectivity index (χ1) is 5.59. The van der Waals surface area contributed by atoms with E-state index in [1.165, 1.54) is 0 Å². The van der Waals surface area contributed by atoms with Crippen molar-refractivity contribution < 1.29 is 19.1 Å². The number of carbonyl (C=O) groups is 2. The van der Waals surface area contributed by atoms with E-state index in [0.717, 1.165) is 0 Å². The molecule has 0 aromatic heterocycles. The largest absolute Gasteiger partial charge is 0.411 e. The highest BCUT2D eigenvalue weighted by atomic mass is 16.7. The Morgan fingerprint density at radius 1 is 1.25 bits per heavy atom. The molecule has 2 atom stereocenters. The van der Waals surface area contributed by atoms with Gasteiger partial charge in [-0.25, -0.2) is 0 Å².